The van der Waals surface area contributed by atoms with Crippen molar-refractivity contribution in [2.24, 2.45) is 7.05 Å². The Balaban J connectivity index is 1.47. The third-order valence-electron chi connectivity index (χ3n) is 7.61. The maximum absolute atomic E-state index is 14.1. The van der Waals surface area contributed by atoms with Crippen molar-refractivity contribution in [1.29, 1.82) is 0 Å². The van der Waals surface area contributed by atoms with E-state index in [1.54, 1.807) is 75.0 Å². The van der Waals surface area contributed by atoms with Crippen LogP contribution in [0.3, 0.4) is 0 Å². The highest BCUT2D eigenvalue weighted by Gasteiger charge is 2.28. The van der Waals surface area contributed by atoms with Gasteiger partial charge in [-0.25, -0.2) is 17.1 Å². The molecule has 0 saturated heterocycles. The topological polar surface area (TPSA) is 104 Å². The number of nitrogens with zero attached hydrogens (tertiary/aromatic N) is 3. The van der Waals surface area contributed by atoms with Gasteiger partial charge in [0.25, 0.3) is 15.6 Å². The van der Waals surface area contributed by atoms with Crippen LogP contribution in [-0.4, -0.2) is 32.4 Å². The fourth-order valence-corrected chi connectivity index (χ4v) is 7.00. The van der Waals surface area contributed by atoms with E-state index in [0.29, 0.717) is 44.5 Å². The fraction of sp³-hybridized carbons (Fsp3) is 0.118. The molecule has 0 fully saturated rings. The van der Waals surface area contributed by atoms with Gasteiger partial charge in [0.05, 0.1) is 31.2 Å². The van der Waals surface area contributed by atoms with Gasteiger partial charge in [-0.15, -0.1) is 0 Å². The Bertz CT molecular complexity index is 2240. The first-order valence-electron chi connectivity index (χ1n) is 13.9. The van der Waals surface area contributed by atoms with Gasteiger partial charge in [0, 0.05) is 40.8 Å². The molecular weight excluding hydrogens is 633 g/mol. The second-order valence-corrected chi connectivity index (χ2v) is 12.7. The van der Waals surface area contributed by atoms with Gasteiger partial charge in [-0.1, -0.05) is 47.1 Å². The summed E-state index contributed by atoms with van der Waals surface area (Å²) in [5.41, 5.74) is 2.08. The largest absolute Gasteiger partial charge is 0.497 e. The van der Waals surface area contributed by atoms with Crippen LogP contribution in [0.1, 0.15) is 5.56 Å². The van der Waals surface area contributed by atoms with Crippen molar-refractivity contribution < 1.29 is 26.8 Å². The molecule has 46 heavy (non-hydrogen) atoms. The highest BCUT2D eigenvalue weighted by molar-refractivity contribution is 7.92. The Morgan fingerprint density at radius 2 is 1.74 bits per heavy atom. The number of hydrogen-bond acceptors (Lipinski definition) is 7. The molecule has 0 radical (unpaired) electrons. The van der Waals surface area contributed by atoms with Crippen molar-refractivity contribution in [1.82, 2.24) is 9.72 Å². The minimum atomic E-state index is -4.17. The van der Waals surface area contributed by atoms with Gasteiger partial charge >= 0.3 is 0 Å². The summed E-state index contributed by atoms with van der Waals surface area (Å²) in [7, 11) is 0.415. The summed E-state index contributed by atoms with van der Waals surface area (Å²) in [6.45, 7) is -0.0250. The number of hydrogen-bond donors (Lipinski definition) is 0. The van der Waals surface area contributed by atoms with E-state index >= 15 is 0 Å². The molecule has 12 heteroatoms. The summed E-state index contributed by atoms with van der Waals surface area (Å²) in [5.74, 6) is 0.657. The molecule has 0 aliphatic heterocycles. The Morgan fingerprint density at radius 1 is 0.957 bits per heavy atom. The third kappa shape index (κ3) is 5.70. The average Bonchev–Trinajstić information content (AvgIpc) is 3.59. The quantitative estimate of drug-likeness (QED) is 0.164. The van der Waals surface area contributed by atoms with Crippen LogP contribution in [0, 0.1) is 5.82 Å². The molecule has 9 nitrogen and oxygen atoms in total. The highest BCUT2D eigenvalue weighted by atomic mass is 35.5. The molecular formula is C34H27ClFN3O6S. The highest BCUT2D eigenvalue weighted by Crippen LogP contribution is 2.41. The standard InChI is InChI=1S/C34H27ClFN3O6S/c1-38-20-23-16-26(46(41,42)39(32-13-14-45-37-32)19-21-7-9-25(43-2)10-8-21)11-12-27(23)33(34(38)40)29-17-30(35)28(18-31(29)44-3)22-5-4-6-24(36)15-22/h4-18,20H,19H2,1-3H3. The van der Waals surface area contributed by atoms with Crippen LogP contribution in [-0.2, 0) is 23.6 Å². The summed E-state index contributed by atoms with van der Waals surface area (Å²) >= 11 is 6.70. The number of benzene rings is 4. The number of ether oxygens (including phenoxy) is 2. The zero-order chi connectivity index (χ0) is 32.6. The van der Waals surface area contributed by atoms with Crippen LogP contribution in [0.2, 0.25) is 5.02 Å². The molecule has 0 aliphatic carbocycles. The van der Waals surface area contributed by atoms with Gasteiger partial charge in [-0.3, -0.25) is 4.79 Å². The lowest BCUT2D eigenvalue weighted by molar-refractivity contribution is 0.414. The Kier molecular flexibility index (Phi) is 8.28. The van der Waals surface area contributed by atoms with Gasteiger partial charge in [0.15, 0.2) is 5.82 Å². The van der Waals surface area contributed by atoms with Crippen molar-refractivity contribution >= 4 is 38.2 Å². The van der Waals surface area contributed by atoms with E-state index in [4.69, 9.17) is 25.6 Å². The number of anilines is 1. The van der Waals surface area contributed by atoms with Crippen LogP contribution >= 0.6 is 11.6 Å². The zero-order valence-electron chi connectivity index (χ0n) is 24.9. The van der Waals surface area contributed by atoms with Gasteiger partial charge in [-0.05, 0) is 65.0 Å². The van der Waals surface area contributed by atoms with Gasteiger partial charge in [0.1, 0.15) is 23.6 Å². The van der Waals surface area contributed by atoms with E-state index in [1.165, 1.54) is 48.3 Å². The van der Waals surface area contributed by atoms with E-state index < -0.39 is 15.8 Å². The van der Waals surface area contributed by atoms with Crippen molar-refractivity contribution in [2.45, 2.75) is 11.4 Å². The number of methoxy groups -OCH3 is 2. The van der Waals surface area contributed by atoms with Crippen molar-refractivity contribution in [3.05, 3.63) is 124 Å². The number of aryl methyl sites for hydroxylation is 1. The molecule has 0 amide bonds. The Labute approximate surface area is 269 Å². The third-order valence-corrected chi connectivity index (χ3v) is 9.67. The van der Waals surface area contributed by atoms with Crippen LogP contribution < -0.4 is 19.3 Å². The molecule has 4 aromatic carbocycles. The number of pyridine rings is 1. The van der Waals surface area contributed by atoms with E-state index in [-0.39, 0.29) is 33.4 Å². The summed E-state index contributed by atoms with van der Waals surface area (Å²) in [6, 6.07) is 22.3. The molecule has 0 atom stereocenters. The normalized spacial score (nSPS) is 11.5. The molecule has 6 aromatic rings. The van der Waals surface area contributed by atoms with Crippen molar-refractivity contribution in [3.63, 3.8) is 0 Å². The lowest BCUT2D eigenvalue weighted by atomic mass is 9.96. The molecule has 234 valence electrons. The van der Waals surface area contributed by atoms with E-state index in [1.807, 2.05) is 0 Å². The second kappa shape index (κ2) is 12.3. The van der Waals surface area contributed by atoms with Gasteiger partial charge < -0.3 is 18.6 Å². The van der Waals surface area contributed by atoms with Crippen LogP contribution in [0.25, 0.3) is 33.0 Å². The summed E-state index contributed by atoms with van der Waals surface area (Å²) in [4.78, 5) is 13.6. The minimum absolute atomic E-state index is 0.0208. The number of fused-ring (bicyclic) bond motifs is 1. The lowest BCUT2D eigenvalue weighted by Gasteiger charge is -2.22. The van der Waals surface area contributed by atoms with Gasteiger partial charge in [-0.2, -0.15) is 0 Å². The summed E-state index contributed by atoms with van der Waals surface area (Å²) in [6.07, 6.45) is 2.87. The zero-order valence-corrected chi connectivity index (χ0v) is 26.5. The summed E-state index contributed by atoms with van der Waals surface area (Å²) < 4.78 is 60.7. The monoisotopic (exact) mass is 659 g/mol. The fourth-order valence-electron chi connectivity index (χ4n) is 5.30. The molecule has 0 N–H and O–H groups in total. The molecule has 2 heterocycles. The summed E-state index contributed by atoms with van der Waals surface area (Å²) in [5, 5.41) is 5.14. The Morgan fingerprint density at radius 3 is 2.41 bits per heavy atom. The average molecular weight is 660 g/mol. The molecule has 0 spiro atoms. The van der Waals surface area contributed by atoms with Crippen molar-refractivity contribution in [2.75, 3.05) is 18.5 Å². The van der Waals surface area contributed by atoms with Gasteiger partial charge in [0.2, 0.25) is 0 Å². The Hall–Kier alpha value is -5.13. The predicted octanol–water partition coefficient (Wildman–Crippen LogP) is 7.07. The molecule has 0 unspecified atom stereocenters. The van der Waals surface area contributed by atoms with E-state index in [0.717, 1.165) is 4.31 Å². The lowest BCUT2D eigenvalue weighted by Crippen LogP contribution is -2.31. The van der Waals surface area contributed by atoms with Crippen molar-refractivity contribution in [3.8, 4) is 33.8 Å². The first-order valence-corrected chi connectivity index (χ1v) is 15.8. The SMILES string of the molecule is COc1ccc(CN(c2ccon2)S(=O)(=O)c2ccc3c(-c4cc(Cl)c(-c5cccc(F)c5)cc4OC)c(=O)n(C)cc3c2)cc1. The first-order chi connectivity index (χ1) is 22.1. The molecule has 0 aliphatic rings. The maximum atomic E-state index is 14.1. The molecule has 2 aromatic heterocycles. The maximum Gasteiger partial charge on any atom is 0.265 e. The van der Waals surface area contributed by atoms with Crippen LogP contribution in [0.4, 0.5) is 10.2 Å². The molecule has 0 bridgehead atoms. The minimum Gasteiger partial charge on any atom is -0.497 e. The number of aromatic nitrogens is 2. The second-order valence-electron chi connectivity index (χ2n) is 10.4. The molecule has 6 rings (SSSR count). The number of sulfonamides is 1. The number of halogens is 2. The smallest absolute Gasteiger partial charge is 0.265 e. The number of rotatable bonds is 9. The van der Waals surface area contributed by atoms with Crippen LogP contribution in [0.15, 0.2) is 112 Å². The van der Waals surface area contributed by atoms with E-state index in [2.05, 4.69) is 5.16 Å². The predicted molar refractivity (Wildman–Crippen MR) is 174 cm³/mol. The first kappa shape index (κ1) is 30.9. The van der Waals surface area contributed by atoms with E-state index in [9.17, 15) is 17.6 Å². The van der Waals surface area contributed by atoms with Crippen LogP contribution in [0.5, 0.6) is 11.5 Å². The molecule has 0 saturated carbocycles.